The van der Waals surface area contributed by atoms with Crippen LogP contribution in [0.4, 0.5) is 0 Å². The SMILES string of the molecule is CCCNCCNC(=O)C1CC1OCC.Cl. The lowest BCUT2D eigenvalue weighted by atomic mass is 10.4. The van der Waals surface area contributed by atoms with E-state index in [1.54, 1.807) is 0 Å². The highest BCUT2D eigenvalue weighted by molar-refractivity contribution is 5.85. The van der Waals surface area contributed by atoms with Crippen molar-refractivity contribution in [3.63, 3.8) is 0 Å². The summed E-state index contributed by atoms with van der Waals surface area (Å²) >= 11 is 0. The second-order valence-corrected chi connectivity index (χ2v) is 3.88. The van der Waals surface area contributed by atoms with Crippen molar-refractivity contribution in [3.05, 3.63) is 0 Å². The molecule has 0 aliphatic heterocycles. The first-order valence-corrected chi connectivity index (χ1v) is 5.89. The standard InChI is InChI=1S/C11H22N2O2.ClH/c1-3-5-12-6-7-13-11(14)9-8-10(9)15-4-2;/h9-10,12H,3-8H2,1-2H3,(H,13,14);1H. The lowest BCUT2D eigenvalue weighted by molar-refractivity contribution is -0.123. The number of halogens is 1. The number of nitrogens with one attached hydrogen (secondary N) is 2. The Morgan fingerprint density at radius 1 is 1.31 bits per heavy atom. The Kier molecular flexibility index (Phi) is 8.61. The van der Waals surface area contributed by atoms with Crippen molar-refractivity contribution in [1.29, 1.82) is 0 Å². The molecule has 16 heavy (non-hydrogen) atoms. The van der Waals surface area contributed by atoms with Gasteiger partial charge in [-0.05, 0) is 26.3 Å². The lowest BCUT2D eigenvalue weighted by Gasteiger charge is -2.05. The minimum atomic E-state index is 0. The highest BCUT2D eigenvalue weighted by Gasteiger charge is 2.43. The van der Waals surface area contributed by atoms with Gasteiger partial charge in [0.05, 0.1) is 12.0 Å². The fourth-order valence-electron chi connectivity index (χ4n) is 1.55. The van der Waals surface area contributed by atoms with Crippen molar-refractivity contribution in [3.8, 4) is 0 Å². The maximum atomic E-state index is 11.5. The third-order valence-corrected chi connectivity index (χ3v) is 2.48. The van der Waals surface area contributed by atoms with E-state index in [1.165, 1.54) is 0 Å². The van der Waals surface area contributed by atoms with Gasteiger partial charge in [-0.3, -0.25) is 4.79 Å². The summed E-state index contributed by atoms with van der Waals surface area (Å²) in [6, 6.07) is 0. The quantitative estimate of drug-likeness (QED) is 0.631. The Hall–Kier alpha value is -0.320. The van der Waals surface area contributed by atoms with Crippen molar-refractivity contribution in [2.24, 2.45) is 5.92 Å². The van der Waals surface area contributed by atoms with Crippen LogP contribution in [0.1, 0.15) is 26.7 Å². The maximum Gasteiger partial charge on any atom is 0.225 e. The number of ether oxygens (including phenoxy) is 1. The summed E-state index contributed by atoms with van der Waals surface area (Å²) < 4.78 is 5.35. The summed E-state index contributed by atoms with van der Waals surface area (Å²) in [7, 11) is 0. The van der Waals surface area contributed by atoms with E-state index in [9.17, 15) is 4.79 Å². The second kappa shape index (κ2) is 8.79. The van der Waals surface area contributed by atoms with Crippen LogP contribution < -0.4 is 10.6 Å². The van der Waals surface area contributed by atoms with Crippen LogP contribution in [-0.2, 0) is 9.53 Å². The van der Waals surface area contributed by atoms with Gasteiger partial charge in [-0.1, -0.05) is 6.92 Å². The molecule has 1 rings (SSSR count). The highest BCUT2D eigenvalue weighted by Crippen LogP contribution is 2.33. The van der Waals surface area contributed by atoms with Crippen LogP contribution >= 0.6 is 12.4 Å². The molecule has 2 unspecified atom stereocenters. The molecule has 1 fully saturated rings. The van der Waals surface area contributed by atoms with Crippen molar-refractivity contribution in [2.75, 3.05) is 26.2 Å². The van der Waals surface area contributed by atoms with Gasteiger partial charge in [0.2, 0.25) is 5.91 Å². The minimum Gasteiger partial charge on any atom is -0.378 e. The molecule has 1 aliphatic carbocycles. The zero-order valence-electron chi connectivity index (χ0n) is 10.1. The first-order valence-electron chi connectivity index (χ1n) is 5.89. The predicted octanol–water partition coefficient (Wildman–Crippen LogP) is 0.949. The second-order valence-electron chi connectivity index (χ2n) is 3.88. The highest BCUT2D eigenvalue weighted by atomic mass is 35.5. The molecule has 1 aliphatic rings. The fraction of sp³-hybridized carbons (Fsp3) is 0.909. The van der Waals surface area contributed by atoms with Gasteiger partial charge >= 0.3 is 0 Å². The molecule has 1 amide bonds. The van der Waals surface area contributed by atoms with Crippen LogP contribution in [0.15, 0.2) is 0 Å². The van der Waals surface area contributed by atoms with Crippen LogP contribution in [0.2, 0.25) is 0 Å². The summed E-state index contributed by atoms with van der Waals surface area (Å²) in [6.45, 7) is 7.37. The summed E-state index contributed by atoms with van der Waals surface area (Å²) in [5, 5.41) is 6.15. The van der Waals surface area contributed by atoms with Gasteiger partial charge in [0.1, 0.15) is 0 Å². The predicted molar refractivity (Wildman–Crippen MR) is 66.9 cm³/mol. The molecule has 5 heteroatoms. The van der Waals surface area contributed by atoms with Crippen LogP contribution in [0.3, 0.4) is 0 Å². The molecule has 2 atom stereocenters. The fourth-order valence-corrected chi connectivity index (χ4v) is 1.55. The van der Waals surface area contributed by atoms with Crippen LogP contribution in [0.5, 0.6) is 0 Å². The summed E-state index contributed by atoms with van der Waals surface area (Å²) in [6.07, 6.45) is 2.20. The minimum absolute atomic E-state index is 0. The zero-order valence-corrected chi connectivity index (χ0v) is 10.9. The number of hydrogen-bond donors (Lipinski definition) is 2. The van der Waals surface area contributed by atoms with Crippen LogP contribution in [0.25, 0.3) is 0 Å². The number of amides is 1. The van der Waals surface area contributed by atoms with E-state index in [0.29, 0.717) is 13.2 Å². The average Bonchev–Trinajstić information content (AvgIpc) is 2.97. The average molecular weight is 251 g/mol. The molecule has 0 bridgehead atoms. The maximum absolute atomic E-state index is 11.5. The topological polar surface area (TPSA) is 50.4 Å². The van der Waals surface area contributed by atoms with E-state index in [4.69, 9.17) is 4.74 Å². The third kappa shape index (κ3) is 5.68. The van der Waals surface area contributed by atoms with E-state index in [0.717, 1.165) is 25.9 Å². The molecular formula is C11H23ClN2O2. The van der Waals surface area contributed by atoms with Crippen molar-refractivity contribution in [2.45, 2.75) is 32.8 Å². The van der Waals surface area contributed by atoms with Gasteiger partial charge in [-0.25, -0.2) is 0 Å². The first kappa shape index (κ1) is 15.7. The summed E-state index contributed by atoms with van der Waals surface area (Å²) in [4.78, 5) is 11.5. The molecule has 4 nitrogen and oxygen atoms in total. The Bertz CT molecular complexity index is 202. The molecule has 0 aromatic heterocycles. The smallest absolute Gasteiger partial charge is 0.225 e. The third-order valence-electron chi connectivity index (χ3n) is 2.48. The van der Waals surface area contributed by atoms with E-state index in [2.05, 4.69) is 17.6 Å². The lowest BCUT2D eigenvalue weighted by Crippen LogP contribution is -2.33. The Morgan fingerprint density at radius 3 is 2.69 bits per heavy atom. The van der Waals surface area contributed by atoms with Gasteiger partial charge in [0.15, 0.2) is 0 Å². The molecule has 0 heterocycles. The Morgan fingerprint density at radius 2 is 2.06 bits per heavy atom. The van der Waals surface area contributed by atoms with Crippen molar-refractivity contribution < 1.29 is 9.53 Å². The first-order chi connectivity index (χ1) is 7.29. The zero-order chi connectivity index (χ0) is 11.1. The number of carbonyl (C=O) groups excluding carboxylic acids is 1. The molecule has 0 aromatic rings. The van der Waals surface area contributed by atoms with Crippen LogP contribution in [0, 0.1) is 5.92 Å². The summed E-state index contributed by atoms with van der Waals surface area (Å²) in [5.41, 5.74) is 0. The molecule has 2 N–H and O–H groups in total. The molecule has 0 radical (unpaired) electrons. The van der Waals surface area contributed by atoms with Crippen LogP contribution in [-0.4, -0.2) is 38.3 Å². The van der Waals surface area contributed by atoms with Crippen molar-refractivity contribution in [1.82, 2.24) is 10.6 Å². The Labute approximate surface area is 104 Å². The van der Waals surface area contributed by atoms with E-state index < -0.39 is 0 Å². The van der Waals surface area contributed by atoms with Gasteiger partial charge in [0.25, 0.3) is 0 Å². The van der Waals surface area contributed by atoms with E-state index >= 15 is 0 Å². The van der Waals surface area contributed by atoms with E-state index in [-0.39, 0.29) is 30.3 Å². The normalized spacial score (nSPS) is 22.4. The number of hydrogen-bond acceptors (Lipinski definition) is 3. The largest absolute Gasteiger partial charge is 0.378 e. The summed E-state index contributed by atoms with van der Waals surface area (Å²) in [5.74, 6) is 0.253. The molecule has 96 valence electrons. The molecule has 0 spiro atoms. The number of carbonyl (C=O) groups is 1. The molecule has 0 aromatic carbocycles. The molecule has 0 saturated heterocycles. The number of rotatable bonds is 8. The Balaban J connectivity index is 0.00000225. The molecule has 1 saturated carbocycles. The monoisotopic (exact) mass is 250 g/mol. The molecular weight excluding hydrogens is 228 g/mol. The van der Waals surface area contributed by atoms with Gasteiger partial charge in [-0.2, -0.15) is 0 Å². The van der Waals surface area contributed by atoms with Crippen molar-refractivity contribution >= 4 is 18.3 Å². The van der Waals surface area contributed by atoms with Gasteiger partial charge in [0, 0.05) is 19.7 Å². The van der Waals surface area contributed by atoms with Gasteiger partial charge in [-0.15, -0.1) is 12.4 Å². The van der Waals surface area contributed by atoms with E-state index in [1.807, 2.05) is 6.92 Å². The van der Waals surface area contributed by atoms with Gasteiger partial charge < -0.3 is 15.4 Å².